The van der Waals surface area contributed by atoms with Gasteiger partial charge in [-0.05, 0) is 25.0 Å². The second-order valence-corrected chi connectivity index (χ2v) is 5.18. The van der Waals surface area contributed by atoms with Gasteiger partial charge in [-0.1, -0.05) is 37.6 Å². The van der Waals surface area contributed by atoms with E-state index in [0.717, 1.165) is 31.6 Å². The number of rotatable bonds is 7. The van der Waals surface area contributed by atoms with Crippen LogP contribution in [0.1, 0.15) is 32.6 Å². The molecule has 1 aliphatic heterocycles. The molecule has 0 unspecified atom stereocenters. The van der Waals surface area contributed by atoms with Crippen molar-refractivity contribution in [2.75, 3.05) is 18.2 Å². The molecular weight excluding hydrogens is 290 g/mol. The zero-order valence-corrected chi connectivity index (χ0v) is 13.5. The van der Waals surface area contributed by atoms with Gasteiger partial charge < -0.3 is 4.74 Å². The quantitative estimate of drug-likeness (QED) is 0.571. The number of unbranched alkanes of at least 4 members (excludes halogenated alkanes) is 1. The van der Waals surface area contributed by atoms with Crippen LogP contribution in [0.4, 0.5) is 5.69 Å². The average Bonchev–Trinajstić information content (AvgIpc) is 2.59. The second kappa shape index (κ2) is 9.69. The van der Waals surface area contributed by atoms with Crippen LogP contribution in [-0.4, -0.2) is 31.2 Å². The highest BCUT2D eigenvalue weighted by Gasteiger charge is 2.16. The van der Waals surface area contributed by atoms with Crippen molar-refractivity contribution in [1.29, 1.82) is 0 Å². The third-order valence-corrected chi connectivity index (χ3v) is 3.30. The van der Waals surface area contributed by atoms with Crippen molar-refractivity contribution in [3.8, 4) is 0 Å². The SMILES string of the molecule is CCCCOC/C=C/C(=O)N=C1CCC=NN1c1ccccc1. The Morgan fingerprint density at radius 3 is 3.00 bits per heavy atom. The molecule has 0 fully saturated rings. The van der Waals surface area contributed by atoms with Crippen LogP contribution in [-0.2, 0) is 9.53 Å². The Morgan fingerprint density at radius 2 is 2.22 bits per heavy atom. The van der Waals surface area contributed by atoms with Gasteiger partial charge in [0.15, 0.2) is 0 Å². The predicted molar refractivity (Wildman–Crippen MR) is 94.0 cm³/mol. The second-order valence-electron chi connectivity index (χ2n) is 5.18. The maximum absolute atomic E-state index is 12.0. The molecule has 1 aromatic rings. The van der Waals surface area contributed by atoms with Gasteiger partial charge in [-0.15, -0.1) is 0 Å². The third-order valence-electron chi connectivity index (χ3n) is 3.30. The fraction of sp³-hybridized carbons (Fsp3) is 0.389. The van der Waals surface area contributed by atoms with Crippen LogP contribution in [0.5, 0.6) is 0 Å². The summed E-state index contributed by atoms with van der Waals surface area (Å²) in [4.78, 5) is 16.1. The molecule has 0 radical (unpaired) electrons. The lowest BCUT2D eigenvalue weighted by molar-refractivity contribution is -0.113. The normalized spacial score (nSPS) is 16.4. The van der Waals surface area contributed by atoms with Crippen molar-refractivity contribution in [2.24, 2.45) is 10.1 Å². The largest absolute Gasteiger partial charge is 0.377 e. The summed E-state index contributed by atoms with van der Waals surface area (Å²) in [6.07, 6.45) is 8.64. The van der Waals surface area contributed by atoms with E-state index in [2.05, 4.69) is 17.0 Å². The van der Waals surface area contributed by atoms with E-state index >= 15 is 0 Å². The van der Waals surface area contributed by atoms with Crippen LogP contribution in [0, 0.1) is 0 Å². The van der Waals surface area contributed by atoms with E-state index < -0.39 is 0 Å². The van der Waals surface area contributed by atoms with E-state index in [1.807, 2.05) is 36.5 Å². The molecule has 1 amide bonds. The molecule has 0 atom stereocenters. The van der Waals surface area contributed by atoms with Gasteiger partial charge >= 0.3 is 0 Å². The van der Waals surface area contributed by atoms with Gasteiger partial charge in [-0.25, -0.2) is 5.01 Å². The van der Waals surface area contributed by atoms with Crippen LogP contribution >= 0.6 is 0 Å². The Balaban J connectivity index is 1.95. The maximum atomic E-state index is 12.0. The molecule has 122 valence electrons. The zero-order chi connectivity index (χ0) is 16.3. The number of amidine groups is 1. The molecule has 0 bridgehead atoms. The highest BCUT2D eigenvalue weighted by molar-refractivity contribution is 6.08. The van der Waals surface area contributed by atoms with E-state index in [4.69, 9.17) is 4.74 Å². The minimum absolute atomic E-state index is 0.280. The van der Waals surface area contributed by atoms with Crippen molar-refractivity contribution < 1.29 is 9.53 Å². The first kappa shape index (κ1) is 17.1. The topological polar surface area (TPSA) is 54.3 Å². The lowest BCUT2D eigenvalue weighted by atomic mass is 10.2. The van der Waals surface area contributed by atoms with Gasteiger partial charge in [0.2, 0.25) is 0 Å². The highest BCUT2D eigenvalue weighted by Crippen LogP contribution is 2.18. The molecule has 1 aliphatic rings. The lowest BCUT2D eigenvalue weighted by Crippen LogP contribution is -2.29. The first-order valence-electron chi connectivity index (χ1n) is 8.04. The number of anilines is 1. The number of nitrogens with zero attached hydrogens (tertiary/aromatic N) is 3. The molecule has 1 heterocycles. The summed E-state index contributed by atoms with van der Waals surface area (Å²) < 4.78 is 5.38. The van der Waals surface area contributed by atoms with Crippen molar-refractivity contribution in [3.05, 3.63) is 42.5 Å². The van der Waals surface area contributed by atoms with Gasteiger partial charge in [0.25, 0.3) is 5.91 Å². The Bertz CT molecular complexity index is 579. The van der Waals surface area contributed by atoms with Crippen LogP contribution in [0.2, 0.25) is 0 Å². The number of para-hydroxylation sites is 1. The predicted octanol–water partition coefficient (Wildman–Crippen LogP) is 3.57. The molecule has 1 aromatic carbocycles. The van der Waals surface area contributed by atoms with Crippen LogP contribution in [0.25, 0.3) is 0 Å². The number of hydrazone groups is 1. The van der Waals surface area contributed by atoms with E-state index in [-0.39, 0.29) is 5.91 Å². The number of hydrogen-bond donors (Lipinski definition) is 0. The summed E-state index contributed by atoms with van der Waals surface area (Å²) in [6, 6.07) is 9.71. The lowest BCUT2D eigenvalue weighted by Gasteiger charge is -2.23. The molecule has 0 aliphatic carbocycles. The number of benzene rings is 1. The van der Waals surface area contributed by atoms with Gasteiger partial charge in [-0.3, -0.25) is 4.79 Å². The van der Waals surface area contributed by atoms with Crippen LogP contribution in [0.15, 0.2) is 52.6 Å². The summed E-state index contributed by atoms with van der Waals surface area (Å²) in [5.74, 6) is 0.386. The molecule has 0 saturated heterocycles. The van der Waals surface area contributed by atoms with Crippen LogP contribution in [0.3, 0.4) is 0 Å². The van der Waals surface area contributed by atoms with Gasteiger partial charge in [-0.2, -0.15) is 10.1 Å². The van der Waals surface area contributed by atoms with E-state index in [0.29, 0.717) is 18.9 Å². The average molecular weight is 313 g/mol. The molecule has 0 N–H and O–H groups in total. The fourth-order valence-electron chi connectivity index (χ4n) is 2.10. The minimum Gasteiger partial charge on any atom is -0.377 e. The number of aliphatic imine (C=N–C) groups is 1. The van der Waals surface area contributed by atoms with Crippen molar-refractivity contribution >= 4 is 23.6 Å². The Labute approximate surface area is 137 Å². The summed E-state index contributed by atoms with van der Waals surface area (Å²) >= 11 is 0. The number of hydrogen-bond acceptors (Lipinski definition) is 3. The van der Waals surface area contributed by atoms with Gasteiger partial charge in [0, 0.05) is 25.3 Å². The smallest absolute Gasteiger partial charge is 0.271 e. The summed E-state index contributed by atoms with van der Waals surface area (Å²) in [6.45, 7) is 3.28. The van der Waals surface area contributed by atoms with E-state index in [1.165, 1.54) is 6.08 Å². The first-order valence-corrected chi connectivity index (χ1v) is 8.04. The summed E-state index contributed by atoms with van der Waals surface area (Å²) in [5.41, 5.74) is 0.905. The number of ether oxygens (including phenoxy) is 1. The molecule has 5 nitrogen and oxygen atoms in total. The van der Waals surface area contributed by atoms with Crippen molar-refractivity contribution in [3.63, 3.8) is 0 Å². The van der Waals surface area contributed by atoms with Crippen molar-refractivity contribution in [1.82, 2.24) is 0 Å². The molecule has 5 heteroatoms. The molecule has 2 rings (SSSR count). The summed E-state index contributed by atoms with van der Waals surface area (Å²) in [5, 5.41) is 6.06. The monoisotopic (exact) mass is 313 g/mol. The molecule has 0 aromatic heterocycles. The van der Waals surface area contributed by atoms with E-state index in [1.54, 1.807) is 11.1 Å². The van der Waals surface area contributed by atoms with Gasteiger partial charge in [0.1, 0.15) is 5.84 Å². The van der Waals surface area contributed by atoms with Crippen molar-refractivity contribution in [2.45, 2.75) is 32.6 Å². The Hall–Kier alpha value is -2.27. The number of amides is 1. The molecule has 23 heavy (non-hydrogen) atoms. The summed E-state index contributed by atoms with van der Waals surface area (Å²) in [7, 11) is 0. The van der Waals surface area contributed by atoms with Gasteiger partial charge in [0.05, 0.1) is 12.3 Å². The minimum atomic E-state index is -0.280. The first-order chi connectivity index (χ1) is 11.3. The number of carbonyl (C=O) groups excluding carboxylic acids is 1. The van der Waals surface area contributed by atoms with Crippen LogP contribution < -0.4 is 5.01 Å². The fourth-order valence-corrected chi connectivity index (χ4v) is 2.10. The Morgan fingerprint density at radius 1 is 1.39 bits per heavy atom. The third kappa shape index (κ3) is 5.79. The molecular formula is C18H23N3O2. The molecule has 0 spiro atoms. The number of carbonyl (C=O) groups is 1. The van der Waals surface area contributed by atoms with E-state index in [9.17, 15) is 4.79 Å². The maximum Gasteiger partial charge on any atom is 0.271 e. The standard InChI is InChI=1S/C18H23N3O2/c1-2-3-14-23-15-8-12-18(22)20-17-11-7-13-19-21(17)16-9-5-4-6-10-16/h4-6,8-10,12-13H,2-3,7,11,14-15H2,1H3/b12-8+,20-17?. The molecule has 0 saturated carbocycles. The highest BCUT2D eigenvalue weighted by atomic mass is 16.5. The zero-order valence-electron chi connectivity index (χ0n) is 13.5. The Kier molecular flexibility index (Phi) is 7.20.